The van der Waals surface area contributed by atoms with Gasteiger partial charge >= 0.3 is 0 Å². The second kappa shape index (κ2) is 4.92. The highest BCUT2D eigenvalue weighted by atomic mass is 32.2. The Bertz CT molecular complexity index is 297. The Balaban J connectivity index is 3.10. The van der Waals surface area contributed by atoms with E-state index < -0.39 is 0 Å². The van der Waals surface area contributed by atoms with E-state index in [0.29, 0.717) is 6.42 Å². The summed E-state index contributed by atoms with van der Waals surface area (Å²) >= 11 is 1.62. The van der Waals surface area contributed by atoms with Crippen LogP contribution in [0.5, 0.6) is 5.75 Å². The van der Waals surface area contributed by atoms with E-state index in [9.17, 15) is 4.79 Å². The molecule has 0 fully saturated rings. The van der Waals surface area contributed by atoms with Gasteiger partial charge < -0.3 is 9.53 Å². The van der Waals surface area contributed by atoms with E-state index in [0.717, 1.165) is 22.5 Å². The molecule has 0 saturated heterocycles. The quantitative estimate of drug-likeness (QED) is 0.545. The third kappa shape index (κ3) is 2.25. The average Bonchev–Trinajstić information content (AvgIpc) is 2.18. The third-order valence-corrected chi connectivity index (χ3v) is 2.55. The van der Waals surface area contributed by atoms with Gasteiger partial charge in [0.2, 0.25) is 0 Å². The molecule has 0 unspecified atom stereocenters. The van der Waals surface area contributed by atoms with Gasteiger partial charge in [0.25, 0.3) is 0 Å². The zero-order valence-electron chi connectivity index (χ0n) is 7.74. The molecule has 3 heteroatoms. The monoisotopic (exact) mass is 196 g/mol. The number of benzene rings is 1. The Kier molecular flexibility index (Phi) is 3.83. The van der Waals surface area contributed by atoms with Crippen LogP contribution in [0.4, 0.5) is 0 Å². The van der Waals surface area contributed by atoms with Crippen molar-refractivity contribution in [3.63, 3.8) is 0 Å². The van der Waals surface area contributed by atoms with Gasteiger partial charge in [0, 0.05) is 16.9 Å². The highest BCUT2D eigenvalue weighted by molar-refractivity contribution is 7.98. The third-order valence-electron chi connectivity index (χ3n) is 1.79. The molecule has 0 aromatic heterocycles. The number of hydrogen-bond acceptors (Lipinski definition) is 3. The van der Waals surface area contributed by atoms with Crippen LogP contribution in [0.15, 0.2) is 23.1 Å². The molecule has 2 nitrogen and oxygen atoms in total. The highest BCUT2D eigenvalue weighted by Gasteiger charge is 2.06. The molecule has 0 bridgehead atoms. The number of hydrogen-bond donors (Lipinski definition) is 0. The summed E-state index contributed by atoms with van der Waals surface area (Å²) in [6.07, 6.45) is 3.29. The van der Waals surface area contributed by atoms with E-state index in [-0.39, 0.29) is 0 Å². The van der Waals surface area contributed by atoms with Gasteiger partial charge in [-0.05, 0) is 12.3 Å². The van der Waals surface area contributed by atoms with Crippen LogP contribution < -0.4 is 4.74 Å². The summed E-state index contributed by atoms with van der Waals surface area (Å²) in [4.78, 5) is 11.5. The normalized spacial score (nSPS) is 9.69. The topological polar surface area (TPSA) is 26.3 Å². The summed E-state index contributed by atoms with van der Waals surface area (Å²) < 4.78 is 5.24. The summed E-state index contributed by atoms with van der Waals surface area (Å²) in [5.41, 5.74) is 0.948. The highest BCUT2D eigenvalue weighted by Crippen LogP contribution is 2.30. The standard InChI is InChI=1S/C10H12O2S/c1-12-10-8(6-7-11)4-3-5-9(10)13-2/h3-5,7H,6H2,1-2H3. The fraction of sp³-hybridized carbons (Fsp3) is 0.300. The lowest BCUT2D eigenvalue weighted by atomic mass is 10.1. The Morgan fingerprint density at radius 3 is 2.85 bits per heavy atom. The van der Waals surface area contributed by atoms with E-state index in [4.69, 9.17) is 4.74 Å². The number of thioether (sulfide) groups is 1. The van der Waals surface area contributed by atoms with Gasteiger partial charge in [-0.25, -0.2) is 0 Å². The first kappa shape index (κ1) is 10.1. The molecule has 0 spiro atoms. The van der Waals surface area contributed by atoms with Crippen molar-refractivity contribution in [2.24, 2.45) is 0 Å². The first-order chi connectivity index (χ1) is 6.33. The maximum absolute atomic E-state index is 10.4. The van der Waals surface area contributed by atoms with Crippen molar-refractivity contribution in [2.45, 2.75) is 11.3 Å². The van der Waals surface area contributed by atoms with Crippen LogP contribution in [-0.4, -0.2) is 19.7 Å². The smallest absolute Gasteiger partial charge is 0.136 e. The predicted molar refractivity (Wildman–Crippen MR) is 54.5 cm³/mol. The van der Waals surface area contributed by atoms with Crippen molar-refractivity contribution in [3.05, 3.63) is 23.8 Å². The summed E-state index contributed by atoms with van der Waals surface area (Å²) in [5.74, 6) is 0.821. The maximum Gasteiger partial charge on any atom is 0.136 e. The van der Waals surface area contributed by atoms with Crippen LogP contribution in [0.1, 0.15) is 5.56 Å². The van der Waals surface area contributed by atoms with Crippen LogP contribution in [0.2, 0.25) is 0 Å². The lowest BCUT2D eigenvalue weighted by molar-refractivity contribution is -0.107. The molecule has 70 valence electrons. The molecule has 0 atom stereocenters. The van der Waals surface area contributed by atoms with E-state index in [2.05, 4.69) is 0 Å². The van der Waals surface area contributed by atoms with Crippen LogP contribution in [0.25, 0.3) is 0 Å². The molecule has 1 aromatic carbocycles. The number of carbonyl (C=O) groups excluding carboxylic acids is 1. The van der Waals surface area contributed by atoms with Gasteiger partial charge in [0.1, 0.15) is 12.0 Å². The molecule has 0 aliphatic carbocycles. The molecule has 0 aliphatic heterocycles. The van der Waals surface area contributed by atoms with E-state index >= 15 is 0 Å². The second-order valence-corrected chi connectivity index (χ2v) is 3.37. The number of para-hydroxylation sites is 1. The fourth-order valence-corrected chi connectivity index (χ4v) is 1.82. The molecule has 1 aromatic rings. The molecule has 0 aliphatic rings. The molecular weight excluding hydrogens is 184 g/mol. The molecule has 13 heavy (non-hydrogen) atoms. The maximum atomic E-state index is 10.4. The van der Waals surface area contributed by atoms with Crippen molar-refractivity contribution in [2.75, 3.05) is 13.4 Å². The average molecular weight is 196 g/mol. The summed E-state index contributed by atoms with van der Waals surface area (Å²) in [6.45, 7) is 0. The van der Waals surface area contributed by atoms with Crippen molar-refractivity contribution >= 4 is 18.0 Å². The van der Waals surface area contributed by atoms with Crippen LogP contribution in [0.3, 0.4) is 0 Å². The first-order valence-corrected chi connectivity index (χ1v) is 5.19. The summed E-state index contributed by atoms with van der Waals surface area (Å²) in [5, 5.41) is 0. The Morgan fingerprint density at radius 2 is 2.31 bits per heavy atom. The minimum Gasteiger partial charge on any atom is -0.495 e. The molecule has 0 radical (unpaired) electrons. The van der Waals surface area contributed by atoms with Crippen molar-refractivity contribution < 1.29 is 9.53 Å². The van der Waals surface area contributed by atoms with Crippen molar-refractivity contribution in [1.82, 2.24) is 0 Å². The van der Waals surface area contributed by atoms with Crippen LogP contribution in [0, 0.1) is 0 Å². The van der Waals surface area contributed by atoms with Crippen LogP contribution >= 0.6 is 11.8 Å². The van der Waals surface area contributed by atoms with Crippen LogP contribution in [-0.2, 0) is 11.2 Å². The van der Waals surface area contributed by atoms with Gasteiger partial charge in [0.05, 0.1) is 7.11 Å². The Morgan fingerprint density at radius 1 is 1.54 bits per heavy atom. The lowest BCUT2D eigenvalue weighted by Gasteiger charge is -2.09. The predicted octanol–water partition coefficient (Wildman–Crippen LogP) is 2.16. The second-order valence-electron chi connectivity index (χ2n) is 2.52. The molecule has 1 rings (SSSR count). The number of aldehydes is 1. The number of rotatable bonds is 4. The molecule has 0 amide bonds. The van der Waals surface area contributed by atoms with Gasteiger partial charge in [-0.3, -0.25) is 0 Å². The Labute approximate surface area is 82.3 Å². The van der Waals surface area contributed by atoms with Gasteiger partial charge in [0.15, 0.2) is 0 Å². The molecule has 0 N–H and O–H groups in total. The first-order valence-electron chi connectivity index (χ1n) is 3.97. The van der Waals surface area contributed by atoms with E-state index in [1.807, 2.05) is 24.5 Å². The zero-order valence-corrected chi connectivity index (χ0v) is 8.56. The van der Waals surface area contributed by atoms with E-state index in [1.54, 1.807) is 18.9 Å². The minimum atomic E-state index is 0.414. The lowest BCUT2D eigenvalue weighted by Crippen LogP contribution is -1.94. The summed E-state index contributed by atoms with van der Waals surface area (Å²) in [6, 6.07) is 5.83. The van der Waals surface area contributed by atoms with Crippen molar-refractivity contribution in [1.29, 1.82) is 0 Å². The molecule has 0 saturated carbocycles. The number of carbonyl (C=O) groups is 1. The minimum absolute atomic E-state index is 0.414. The molecular formula is C10H12O2S. The number of methoxy groups -OCH3 is 1. The van der Waals surface area contributed by atoms with Crippen molar-refractivity contribution in [3.8, 4) is 5.75 Å². The van der Waals surface area contributed by atoms with Gasteiger partial charge in [-0.1, -0.05) is 12.1 Å². The Hall–Kier alpha value is -0.960. The molecule has 0 heterocycles. The largest absolute Gasteiger partial charge is 0.495 e. The zero-order chi connectivity index (χ0) is 9.68. The SMILES string of the molecule is COc1c(CC=O)cccc1SC. The van der Waals surface area contributed by atoms with Gasteiger partial charge in [-0.2, -0.15) is 0 Å². The van der Waals surface area contributed by atoms with E-state index in [1.165, 1.54) is 0 Å². The number of ether oxygens (including phenoxy) is 1. The van der Waals surface area contributed by atoms with Gasteiger partial charge in [-0.15, -0.1) is 11.8 Å². The fourth-order valence-electron chi connectivity index (χ4n) is 1.20. The summed E-state index contributed by atoms with van der Waals surface area (Å²) in [7, 11) is 1.63.